The molecular formula is C17H13N3. The van der Waals surface area contributed by atoms with E-state index >= 15 is 0 Å². The van der Waals surface area contributed by atoms with E-state index in [0.29, 0.717) is 0 Å². The van der Waals surface area contributed by atoms with Gasteiger partial charge in [-0.2, -0.15) is 0 Å². The van der Waals surface area contributed by atoms with Crippen LogP contribution in [0.25, 0.3) is 27.6 Å². The highest BCUT2D eigenvalue weighted by molar-refractivity contribution is 6.03. The van der Waals surface area contributed by atoms with Crippen molar-refractivity contribution in [2.24, 2.45) is 0 Å². The molecule has 0 aliphatic carbocycles. The summed E-state index contributed by atoms with van der Waals surface area (Å²) >= 11 is 0. The van der Waals surface area contributed by atoms with Gasteiger partial charge in [-0.15, -0.1) is 0 Å². The number of fused-ring (bicyclic) bond motifs is 3. The summed E-state index contributed by atoms with van der Waals surface area (Å²) in [7, 11) is 0. The summed E-state index contributed by atoms with van der Waals surface area (Å²) < 4.78 is 2.11. The van der Waals surface area contributed by atoms with Crippen LogP contribution in [0.4, 0.5) is 0 Å². The molecule has 0 saturated carbocycles. The molecule has 0 radical (unpaired) electrons. The van der Waals surface area contributed by atoms with Gasteiger partial charge >= 0.3 is 0 Å². The van der Waals surface area contributed by atoms with Gasteiger partial charge in [0.05, 0.1) is 16.6 Å². The predicted octanol–water partition coefficient (Wildman–Crippen LogP) is 3.88. The average Bonchev–Trinajstić information content (AvgIpc) is 2.92. The molecule has 0 amide bonds. The molecule has 96 valence electrons. The van der Waals surface area contributed by atoms with Crippen molar-refractivity contribution < 1.29 is 0 Å². The lowest BCUT2D eigenvalue weighted by atomic mass is 10.1. The largest absolute Gasteiger partial charge is 0.299 e. The quantitative estimate of drug-likeness (QED) is 0.519. The number of para-hydroxylation sites is 1. The molecule has 3 nitrogen and oxygen atoms in total. The first-order chi connectivity index (χ1) is 9.83. The summed E-state index contributed by atoms with van der Waals surface area (Å²) in [5.41, 5.74) is 5.25. The van der Waals surface area contributed by atoms with Gasteiger partial charge in [0.15, 0.2) is 0 Å². The van der Waals surface area contributed by atoms with E-state index in [9.17, 15) is 0 Å². The molecule has 0 unspecified atom stereocenters. The molecule has 0 saturated heterocycles. The Morgan fingerprint density at radius 2 is 1.75 bits per heavy atom. The molecule has 0 aliphatic rings. The summed E-state index contributed by atoms with van der Waals surface area (Å²) in [6, 6.07) is 18.5. The van der Waals surface area contributed by atoms with Crippen LogP contribution in [0, 0.1) is 6.92 Å². The number of benzene rings is 2. The number of pyridine rings is 1. The molecule has 0 spiro atoms. The van der Waals surface area contributed by atoms with Crippen LogP contribution in [0.3, 0.4) is 0 Å². The summed E-state index contributed by atoms with van der Waals surface area (Å²) in [5, 5.41) is 1.10. The first-order valence-corrected chi connectivity index (χ1v) is 6.62. The van der Waals surface area contributed by atoms with Crippen molar-refractivity contribution >= 4 is 21.9 Å². The van der Waals surface area contributed by atoms with E-state index in [1.54, 1.807) is 0 Å². The zero-order valence-electron chi connectivity index (χ0n) is 11.1. The Labute approximate surface area is 116 Å². The number of rotatable bonds is 1. The Morgan fingerprint density at radius 3 is 2.60 bits per heavy atom. The van der Waals surface area contributed by atoms with E-state index in [1.807, 2.05) is 37.5 Å². The fourth-order valence-corrected chi connectivity index (χ4v) is 2.58. The maximum Gasteiger partial charge on any atom is 0.100 e. The third-order valence-corrected chi connectivity index (χ3v) is 3.56. The molecule has 0 aliphatic heterocycles. The second kappa shape index (κ2) is 4.17. The van der Waals surface area contributed by atoms with Crippen LogP contribution < -0.4 is 0 Å². The van der Waals surface area contributed by atoms with Crippen molar-refractivity contribution in [3.05, 3.63) is 66.6 Å². The highest BCUT2D eigenvalue weighted by Gasteiger charge is 2.08. The number of aromatic nitrogens is 3. The van der Waals surface area contributed by atoms with Crippen LogP contribution in [0.2, 0.25) is 0 Å². The Bertz CT molecular complexity index is 907. The zero-order chi connectivity index (χ0) is 13.5. The van der Waals surface area contributed by atoms with E-state index in [-0.39, 0.29) is 0 Å². The van der Waals surface area contributed by atoms with E-state index < -0.39 is 0 Å². The van der Waals surface area contributed by atoms with Crippen molar-refractivity contribution in [2.75, 3.05) is 0 Å². The first kappa shape index (κ1) is 11.2. The number of nitrogens with zero attached hydrogens (tertiary/aromatic N) is 3. The van der Waals surface area contributed by atoms with Crippen molar-refractivity contribution in [3.63, 3.8) is 0 Å². The molecule has 2 aromatic carbocycles. The lowest BCUT2D eigenvalue weighted by Crippen LogP contribution is -1.91. The normalized spacial score (nSPS) is 11.2. The maximum absolute atomic E-state index is 4.58. The van der Waals surface area contributed by atoms with Gasteiger partial charge in [-0.1, -0.05) is 18.2 Å². The average molecular weight is 259 g/mol. The smallest absolute Gasteiger partial charge is 0.100 e. The molecule has 3 heteroatoms. The molecule has 0 N–H and O–H groups in total. The van der Waals surface area contributed by atoms with Gasteiger partial charge in [-0.3, -0.25) is 9.55 Å². The highest BCUT2D eigenvalue weighted by Crippen LogP contribution is 2.25. The fourth-order valence-electron chi connectivity index (χ4n) is 2.58. The SMILES string of the molecule is Cc1ccc2c(ccc3c2ncn3-c2ccccc2)n1. The van der Waals surface area contributed by atoms with E-state index in [1.165, 1.54) is 0 Å². The van der Waals surface area contributed by atoms with Gasteiger partial charge in [0.25, 0.3) is 0 Å². The van der Waals surface area contributed by atoms with Gasteiger partial charge in [-0.25, -0.2) is 4.98 Å². The topological polar surface area (TPSA) is 30.7 Å². The summed E-state index contributed by atoms with van der Waals surface area (Å²) in [6.07, 6.45) is 1.87. The molecule has 2 heterocycles. The summed E-state index contributed by atoms with van der Waals surface area (Å²) in [6.45, 7) is 2.01. The molecule has 4 aromatic rings. The second-order valence-electron chi connectivity index (χ2n) is 4.90. The van der Waals surface area contributed by atoms with Crippen molar-refractivity contribution in [1.29, 1.82) is 0 Å². The van der Waals surface area contributed by atoms with Crippen LogP contribution in [0.15, 0.2) is 60.9 Å². The number of aryl methyl sites for hydroxylation is 1. The van der Waals surface area contributed by atoms with Gasteiger partial charge in [0.1, 0.15) is 6.33 Å². The second-order valence-corrected chi connectivity index (χ2v) is 4.90. The molecular weight excluding hydrogens is 246 g/mol. The first-order valence-electron chi connectivity index (χ1n) is 6.62. The Kier molecular flexibility index (Phi) is 2.33. The summed E-state index contributed by atoms with van der Waals surface area (Å²) in [4.78, 5) is 9.13. The van der Waals surface area contributed by atoms with E-state index in [2.05, 4.69) is 44.9 Å². The van der Waals surface area contributed by atoms with Crippen LogP contribution >= 0.6 is 0 Å². The maximum atomic E-state index is 4.58. The van der Waals surface area contributed by atoms with Gasteiger partial charge in [0.2, 0.25) is 0 Å². The van der Waals surface area contributed by atoms with Gasteiger partial charge in [-0.05, 0) is 43.3 Å². The highest BCUT2D eigenvalue weighted by atomic mass is 15.0. The van der Waals surface area contributed by atoms with E-state index in [4.69, 9.17) is 0 Å². The fraction of sp³-hybridized carbons (Fsp3) is 0.0588. The number of hydrogen-bond donors (Lipinski definition) is 0. The molecule has 0 atom stereocenters. The van der Waals surface area contributed by atoms with E-state index in [0.717, 1.165) is 33.3 Å². The van der Waals surface area contributed by atoms with Gasteiger partial charge in [0, 0.05) is 16.8 Å². The molecule has 0 bridgehead atoms. The Balaban J connectivity index is 2.05. The molecule has 4 rings (SSSR count). The molecule has 0 fully saturated rings. The van der Waals surface area contributed by atoms with Gasteiger partial charge < -0.3 is 0 Å². The Hall–Kier alpha value is -2.68. The predicted molar refractivity (Wildman–Crippen MR) is 81.1 cm³/mol. The van der Waals surface area contributed by atoms with Crippen LogP contribution in [-0.4, -0.2) is 14.5 Å². The van der Waals surface area contributed by atoms with Crippen LogP contribution in [0.5, 0.6) is 0 Å². The van der Waals surface area contributed by atoms with Crippen molar-refractivity contribution in [1.82, 2.24) is 14.5 Å². The monoisotopic (exact) mass is 259 g/mol. The lowest BCUT2D eigenvalue weighted by Gasteiger charge is -2.05. The van der Waals surface area contributed by atoms with Crippen molar-refractivity contribution in [3.8, 4) is 5.69 Å². The third kappa shape index (κ3) is 1.60. The third-order valence-electron chi connectivity index (χ3n) is 3.56. The minimum atomic E-state index is 0.996. The number of imidazole rings is 1. The Morgan fingerprint density at radius 1 is 0.900 bits per heavy atom. The standard InChI is InChI=1S/C17H13N3/c1-12-7-8-14-15(19-12)9-10-16-17(14)18-11-20(16)13-5-3-2-4-6-13/h2-11H,1H3. The zero-order valence-corrected chi connectivity index (χ0v) is 11.1. The molecule has 2 aromatic heterocycles. The van der Waals surface area contributed by atoms with Crippen LogP contribution in [-0.2, 0) is 0 Å². The number of hydrogen-bond acceptors (Lipinski definition) is 2. The minimum Gasteiger partial charge on any atom is -0.299 e. The minimum absolute atomic E-state index is 0.996. The summed E-state index contributed by atoms with van der Waals surface area (Å²) in [5.74, 6) is 0. The lowest BCUT2D eigenvalue weighted by molar-refractivity contribution is 1.09. The molecule has 20 heavy (non-hydrogen) atoms. The van der Waals surface area contributed by atoms with Crippen LogP contribution in [0.1, 0.15) is 5.69 Å². The van der Waals surface area contributed by atoms with Crippen molar-refractivity contribution in [2.45, 2.75) is 6.92 Å².